The molecule has 0 saturated carbocycles. The predicted octanol–water partition coefficient (Wildman–Crippen LogP) is 2.07. The van der Waals surface area contributed by atoms with Crippen LogP contribution in [0.4, 0.5) is 4.79 Å². The second-order valence-electron chi connectivity index (χ2n) is 6.21. The maximum absolute atomic E-state index is 11.7. The van der Waals surface area contributed by atoms with Crippen LogP contribution in [0.1, 0.15) is 41.0 Å². The lowest BCUT2D eigenvalue weighted by Gasteiger charge is -2.46. The largest absolute Gasteiger partial charge is 0.514 e. The van der Waals surface area contributed by atoms with Gasteiger partial charge in [-0.15, -0.1) is 0 Å². The fourth-order valence-corrected chi connectivity index (χ4v) is 3.06. The Balaban J connectivity index is 3.23. The van der Waals surface area contributed by atoms with Crippen molar-refractivity contribution in [3.8, 4) is 0 Å². The molecule has 16 heavy (non-hydrogen) atoms. The number of aliphatic hydroxyl groups excluding tert-OH is 1. The van der Waals surface area contributed by atoms with Gasteiger partial charge in [0.25, 0.3) is 0 Å². The molecule has 0 bridgehead atoms. The lowest BCUT2D eigenvalue weighted by atomic mass is 9.93. The molecule has 0 spiro atoms. The molecular formula is C12H24NO3+. The summed E-state index contributed by atoms with van der Waals surface area (Å²) >= 11 is 0. The summed E-state index contributed by atoms with van der Waals surface area (Å²) in [5.41, 5.74) is -0.391. The lowest BCUT2D eigenvalue weighted by molar-refractivity contribution is -0.918. The van der Waals surface area contributed by atoms with E-state index in [4.69, 9.17) is 0 Å². The van der Waals surface area contributed by atoms with E-state index < -0.39 is 17.7 Å². The van der Waals surface area contributed by atoms with Crippen molar-refractivity contribution in [1.29, 1.82) is 0 Å². The normalized spacial score (nSPS) is 35.7. The van der Waals surface area contributed by atoms with Crippen molar-refractivity contribution in [3.05, 3.63) is 0 Å². The zero-order chi connectivity index (χ0) is 12.7. The number of carbonyl (C=O) groups is 1. The van der Waals surface area contributed by atoms with Gasteiger partial charge in [-0.05, 0) is 20.8 Å². The monoisotopic (exact) mass is 230 g/mol. The summed E-state index contributed by atoms with van der Waals surface area (Å²) in [7, 11) is 0. The van der Waals surface area contributed by atoms with E-state index in [2.05, 4.69) is 0 Å². The summed E-state index contributed by atoms with van der Waals surface area (Å²) in [6, 6.07) is -0.00694. The Morgan fingerprint density at radius 3 is 2.12 bits per heavy atom. The topological polar surface area (TPSA) is 57.5 Å². The zero-order valence-electron chi connectivity index (χ0n) is 10.9. The molecule has 1 unspecified atom stereocenters. The molecule has 1 fully saturated rings. The molecule has 2 N–H and O–H groups in total. The number of aliphatic hydroxyl groups is 1. The molecule has 1 aliphatic heterocycles. The molecule has 1 saturated heterocycles. The number of carboxylic acid groups (broad SMARTS) is 1. The summed E-state index contributed by atoms with van der Waals surface area (Å²) in [5.74, 6) is 0.257. The maximum atomic E-state index is 11.7. The van der Waals surface area contributed by atoms with Crippen molar-refractivity contribution in [2.75, 3.05) is 6.54 Å². The smallest absolute Gasteiger partial charge is 0.435 e. The van der Waals surface area contributed by atoms with E-state index in [1.165, 1.54) is 0 Å². The molecule has 4 heteroatoms. The molecular weight excluding hydrogens is 206 g/mol. The van der Waals surface area contributed by atoms with Crippen molar-refractivity contribution >= 4 is 6.09 Å². The highest BCUT2D eigenvalue weighted by molar-refractivity contribution is 5.58. The van der Waals surface area contributed by atoms with Crippen molar-refractivity contribution in [2.45, 2.75) is 58.7 Å². The van der Waals surface area contributed by atoms with E-state index in [1.54, 1.807) is 0 Å². The molecule has 3 atom stereocenters. The first-order chi connectivity index (χ1) is 7.13. The van der Waals surface area contributed by atoms with E-state index in [1.807, 2.05) is 34.6 Å². The van der Waals surface area contributed by atoms with Gasteiger partial charge in [0, 0.05) is 12.3 Å². The zero-order valence-corrected chi connectivity index (χ0v) is 10.9. The minimum absolute atomic E-state index is 0.00694. The Morgan fingerprint density at radius 2 is 1.88 bits per heavy atom. The first-order valence-corrected chi connectivity index (χ1v) is 5.92. The SMILES string of the molecule is CC(C)[C@H]1C[C@H](O)C[N+]1(C(=O)O)C(C)(C)C. The van der Waals surface area contributed by atoms with Crippen LogP contribution in [0.2, 0.25) is 0 Å². The Kier molecular flexibility index (Phi) is 3.37. The highest BCUT2D eigenvalue weighted by Crippen LogP contribution is 2.40. The predicted molar refractivity (Wildman–Crippen MR) is 62.2 cm³/mol. The van der Waals surface area contributed by atoms with Crippen molar-refractivity contribution in [1.82, 2.24) is 0 Å². The summed E-state index contributed by atoms with van der Waals surface area (Å²) in [5, 5.41) is 19.4. The Labute approximate surface area is 97.5 Å². The first-order valence-electron chi connectivity index (χ1n) is 5.92. The third-order valence-corrected chi connectivity index (χ3v) is 3.89. The van der Waals surface area contributed by atoms with Gasteiger partial charge < -0.3 is 10.2 Å². The number of quaternary nitrogens is 1. The molecule has 1 aliphatic rings. The molecule has 0 aromatic heterocycles. The van der Waals surface area contributed by atoms with Gasteiger partial charge in [-0.3, -0.25) is 0 Å². The molecule has 1 heterocycles. The van der Waals surface area contributed by atoms with Gasteiger partial charge in [-0.1, -0.05) is 13.8 Å². The third-order valence-electron chi connectivity index (χ3n) is 3.89. The fraction of sp³-hybridized carbons (Fsp3) is 0.917. The van der Waals surface area contributed by atoms with Gasteiger partial charge >= 0.3 is 6.09 Å². The number of likely N-dealkylation sites (tertiary alicyclic amines) is 1. The van der Waals surface area contributed by atoms with E-state index in [9.17, 15) is 15.0 Å². The highest BCUT2D eigenvalue weighted by Gasteiger charge is 2.59. The van der Waals surface area contributed by atoms with Crippen LogP contribution in [-0.4, -0.2) is 45.0 Å². The lowest BCUT2D eigenvalue weighted by Crippen LogP contribution is -2.67. The summed E-state index contributed by atoms with van der Waals surface area (Å²) in [4.78, 5) is 11.7. The highest BCUT2D eigenvalue weighted by atomic mass is 16.4. The van der Waals surface area contributed by atoms with Crippen LogP contribution in [-0.2, 0) is 0 Å². The van der Waals surface area contributed by atoms with Gasteiger partial charge in [0.05, 0.1) is 0 Å². The van der Waals surface area contributed by atoms with Crippen LogP contribution >= 0.6 is 0 Å². The van der Waals surface area contributed by atoms with E-state index >= 15 is 0 Å². The third kappa shape index (κ3) is 1.84. The first kappa shape index (κ1) is 13.5. The summed E-state index contributed by atoms with van der Waals surface area (Å²) in [6.07, 6.45) is -0.730. The van der Waals surface area contributed by atoms with Gasteiger partial charge in [-0.25, -0.2) is 4.48 Å². The standard InChI is InChI=1S/C12H23NO3/c1-8(2)10-6-9(14)7-13(10,11(15)16)12(3,4)5/h8-10,14H,6-7H2,1-5H3/p+1/t9-,10+,13?/m0/s1. The molecule has 0 aromatic rings. The number of rotatable bonds is 1. The average molecular weight is 230 g/mol. The second-order valence-corrected chi connectivity index (χ2v) is 6.21. The van der Waals surface area contributed by atoms with Crippen LogP contribution < -0.4 is 0 Å². The van der Waals surface area contributed by atoms with Crippen LogP contribution in [0, 0.1) is 5.92 Å². The van der Waals surface area contributed by atoms with Gasteiger partial charge in [0.2, 0.25) is 0 Å². The van der Waals surface area contributed by atoms with Gasteiger partial charge in [0.15, 0.2) is 0 Å². The van der Waals surface area contributed by atoms with Crippen LogP contribution in [0.5, 0.6) is 0 Å². The van der Waals surface area contributed by atoms with Crippen molar-refractivity contribution in [2.24, 2.45) is 5.92 Å². The summed E-state index contributed by atoms with van der Waals surface area (Å²) in [6.45, 7) is 10.2. The van der Waals surface area contributed by atoms with Crippen LogP contribution in [0.15, 0.2) is 0 Å². The van der Waals surface area contributed by atoms with E-state index in [-0.39, 0.29) is 16.4 Å². The van der Waals surface area contributed by atoms with Crippen LogP contribution in [0.3, 0.4) is 0 Å². The Morgan fingerprint density at radius 1 is 1.38 bits per heavy atom. The van der Waals surface area contributed by atoms with Crippen molar-refractivity contribution in [3.63, 3.8) is 0 Å². The van der Waals surface area contributed by atoms with E-state index in [0.717, 1.165) is 0 Å². The number of hydrogen-bond acceptors (Lipinski definition) is 2. The Bertz CT molecular complexity index is 282. The van der Waals surface area contributed by atoms with Crippen LogP contribution in [0.25, 0.3) is 0 Å². The van der Waals surface area contributed by atoms with Gasteiger partial charge in [0.1, 0.15) is 24.2 Å². The minimum atomic E-state index is -0.817. The number of amides is 1. The molecule has 0 radical (unpaired) electrons. The quantitative estimate of drug-likeness (QED) is 0.678. The maximum Gasteiger partial charge on any atom is 0.514 e. The molecule has 0 aromatic carbocycles. The molecule has 1 amide bonds. The summed E-state index contributed by atoms with van der Waals surface area (Å²) < 4.78 is -0.0220. The number of nitrogens with zero attached hydrogens (tertiary/aromatic N) is 1. The minimum Gasteiger partial charge on any atom is -0.435 e. The fourth-order valence-electron chi connectivity index (χ4n) is 3.06. The van der Waals surface area contributed by atoms with E-state index in [0.29, 0.717) is 13.0 Å². The molecule has 0 aliphatic carbocycles. The van der Waals surface area contributed by atoms with Crippen molar-refractivity contribution < 1.29 is 19.5 Å². The molecule has 4 nitrogen and oxygen atoms in total. The average Bonchev–Trinajstić information content (AvgIpc) is 2.42. The Hall–Kier alpha value is -0.610. The number of hydrogen-bond donors (Lipinski definition) is 2. The molecule has 94 valence electrons. The van der Waals surface area contributed by atoms with Gasteiger partial charge in [-0.2, -0.15) is 4.79 Å². The molecule has 1 rings (SSSR count). The second kappa shape index (κ2) is 4.00.